The minimum absolute atomic E-state index is 0.00240. The van der Waals surface area contributed by atoms with E-state index in [4.69, 9.17) is 19.4 Å². The van der Waals surface area contributed by atoms with Gasteiger partial charge in [0.15, 0.2) is 5.78 Å². The molecule has 2 bridgehead atoms. The van der Waals surface area contributed by atoms with Crippen LogP contribution in [0.5, 0.6) is 0 Å². The number of ether oxygens (including phenoxy) is 2. The molecular formula is C39H62N4O9. The second-order valence-corrected chi connectivity index (χ2v) is 14.8. The Bertz CT molecular complexity index is 1380. The number of hydrogen-bond acceptors (Lipinski definition) is 9. The van der Waals surface area contributed by atoms with E-state index in [0.29, 0.717) is 42.7 Å². The zero-order valence-corrected chi connectivity index (χ0v) is 32.5. The summed E-state index contributed by atoms with van der Waals surface area (Å²) in [5.41, 5.74) is 5.55. The van der Waals surface area contributed by atoms with Crippen molar-refractivity contribution in [3.8, 4) is 0 Å². The fourth-order valence-corrected chi connectivity index (χ4v) is 5.91. The van der Waals surface area contributed by atoms with E-state index in [1.54, 1.807) is 26.2 Å². The summed E-state index contributed by atoms with van der Waals surface area (Å²) in [5.74, 6) is -0.431. The van der Waals surface area contributed by atoms with Crippen LogP contribution < -0.4 is 16.4 Å². The van der Waals surface area contributed by atoms with Crippen molar-refractivity contribution in [2.75, 3.05) is 33.8 Å². The third-order valence-corrected chi connectivity index (χ3v) is 8.59. The normalized spacial score (nSPS) is 27.7. The van der Waals surface area contributed by atoms with Gasteiger partial charge in [0.05, 0.1) is 17.9 Å². The van der Waals surface area contributed by atoms with Gasteiger partial charge in [-0.3, -0.25) is 14.4 Å². The number of rotatable bonds is 3. The van der Waals surface area contributed by atoms with Gasteiger partial charge < -0.3 is 41.0 Å². The number of piperidine rings is 1. The van der Waals surface area contributed by atoms with Crippen LogP contribution in [-0.4, -0.2) is 96.4 Å². The first-order chi connectivity index (χ1) is 24.3. The van der Waals surface area contributed by atoms with Crippen molar-refractivity contribution in [2.24, 2.45) is 23.5 Å². The zero-order valence-electron chi connectivity index (χ0n) is 32.5. The van der Waals surface area contributed by atoms with Gasteiger partial charge in [0, 0.05) is 43.3 Å². The Morgan fingerprint density at radius 1 is 1.08 bits per heavy atom. The number of carboxylic acid groups (broad SMARTS) is 1. The Morgan fingerprint density at radius 3 is 2.33 bits per heavy atom. The highest BCUT2D eigenvalue weighted by Crippen LogP contribution is 2.25. The van der Waals surface area contributed by atoms with Crippen LogP contribution in [0.1, 0.15) is 87.0 Å². The number of carbonyl (C=O) groups is 5. The molecule has 6 N–H and O–H groups in total. The van der Waals surface area contributed by atoms with Gasteiger partial charge in [-0.2, -0.15) is 0 Å². The standard InChI is InChI=1S/C26H35NO5.C12H24N2O2.CH3NO2/c1-16-9-10-24(29)19(4)11-17(2)13-22(32-5)8-6-7-18(3)26(31)27-23-15-21(28)14-20(12-16)25(23)30;1-12(2,3)16-11(15)14-7-5-6-10(9-14)8-13-4;2-1(3)4/h6-8,11,14-16,19,22,24,29H,9-10,12-13H2,1-5H3,(H,27,31);10,13H,5-9H2,1-4H3;2H2,(H,3,4)/b8-6-,17-11+,18-7+;;. The van der Waals surface area contributed by atoms with E-state index in [9.17, 15) is 24.3 Å². The summed E-state index contributed by atoms with van der Waals surface area (Å²) in [6.07, 6.45) is 12.3. The molecule has 1 saturated heterocycles. The quantitative estimate of drug-likeness (QED) is 0.190. The highest BCUT2D eigenvalue weighted by Gasteiger charge is 2.28. The number of methoxy groups -OCH3 is 1. The fraction of sp³-hybridized carbons (Fsp3) is 0.615. The number of nitrogens with zero attached hydrogens (tertiary/aromatic N) is 1. The van der Waals surface area contributed by atoms with E-state index < -0.39 is 23.7 Å². The summed E-state index contributed by atoms with van der Waals surface area (Å²) in [6.45, 7) is 16.0. The number of nitrogens with one attached hydrogen (secondary N) is 2. The second-order valence-electron chi connectivity index (χ2n) is 14.8. The molecule has 3 rings (SSSR count). The molecule has 0 saturated carbocycles. The third-order valence-electron chi connectivity index (χ3n) is 8.59. The summed E-state index contributed by atoms with van der Waals surface area (Å²) in [4.78, 5) is 60.0. The predicted molar refractivity (Wildman–Crippen MR) is 201 cm³/mol. The molecule has 5 atom stereocenters. The van der Waals surface area contributed by atoms with Crippen LogP contribution in [0.15, 0.2) is 58.9 Å². The number of aliphatic hydroxyl groups is 1. The Balaban J connectivity index is 0.000000561. The lowest BCUT2D eigenvalue weighted by molar-refractivity contribution is -0.120. The zero-order chi connectivity index (χ0) is 39.6. The summed E-state index contributed by atoms with van der Waals surface area (Å²) < 4.78 is 10.9. The van der Waals surface area contributed by atoms with Crippen molar-refractivity contribution in [3.05, 3.63) is 58.9 Å². The summed E-state index contributed by atoms with van der Waals surface area (Å²) >= 11 is 0. The topological polar surface area (TPSA) is 198 Å². The highest BCUT2D eigenvalue weighted by atomic mass is 16.6. The number of fused-ring (bicyclic) bond motifs is 2. The molecule has 2 aliphatic heterocycles. The molecule has 3 aliphatic rings. The van der Waals surface area contributed by atoms with E-state index >= 15 is 0 Å². The third kappa shape index (κ3) is 18.4. The van der Waals surface area contributed by atoms with Gasteiger partial charge in [0.1, 0.15) is 5.60 Å². The van der Waals surface area contributed by atoms with Crippen molar-refractivity contribution in [1.29, 1.82) is 0 Å². The molecule has 0 radical (unpaired) electrons. The smallest absolute Gasteiger partial charge is 0.410 e. The Hall–Kier alpha value is -4.07. The molecule has 292 valence electrons. The van der Waals surface area contributed by atoms with Crippen molar-refractivity contribution in [3.63, 3.8) is 0 Å². The largest absolute Gasteiger partial charge is 0.465 e. The van der Waals surface area contributed by atoms with Crippen molar-refractivity contribution in [2.45, 2.75) is 105 Å². The molecule has 13 heteroatoms. The molecule has 2 heterocycles. The van der Waals surface area contributed by atoms with E-state index in [1.165, 1.54) is 18.6 Å². The van der Waals surface area contributed by atoms with Crippen LogP contribution in [0.4, 0.5) is 9.59 Å². The lowest BCUT2D eigenvalue weighted by Crippen LogP contribution is -2.44. The SMILES string of the molecule is CNCC1CCCN(C(=O)OC(C)(C)C)C1.COC1/C=C\C=C(/C)C(=O)NC2=CC(=O)C=C(CC(C)CCC(O)C(C)/C=C(\C)C1)C2=O.NC(=O)O. The van der Waals surface area contributed by atoms with E-state index in [2.05, 4.69) is 22.4 Å². The molecule has 1 fully saturated rings. The maximum atomic E-state index is 12.8. The monoisotopic (exact) mass is 730 g/mol. The fourth-order valence-electron chi connectivity index (χ4n) is 5.91. The first-order valence-corrected chi connectivity index (χ1v) is 17.9. The number of likely N-dealkylation sites (tertiary alicyclic amines) is 1. The van der Waals surface area contributed by atoms with E-state index in [-0.39, 0.29) is 41.3 Å². The molecule has 0 aromatic carbocycles. The van der Waals surface area contributed by atoms with Crippen molar-refractivity contribution < 1.29 is 43.7 Å². The van der Waals surface area contributed by atoms with Gasteiger partial charge in [0.25, 0.3) is 5.91 Å². The van der Waals surface area contributed by atoms with E-state index in [1.807, 2.05) is 59.6 Å². The molecule has 1 aliphatic carbocycles. The van der Waals surface area contributed by atoms with Gasteiger partial charge >= 0.3 is 12.2 Å². The Kier molecular flexibility index (Phi) is 20.1. The minimum Gasteiger partial charge on any atom is -0.465 e. The first kappa shape index (κ1) is 46.0. The van der Waals surface area contributed by atoms with Gasteiger partial charge in [-0.05, 0) is 105 Å². The molecule has 3 amide bonds. The van der Waals surface area contributed by atoms with Crippen LogP contribution in [0.3, 0.4) is 0 Å². The predicted octanol–water partition coefficient (Wildman–Crippen LogP) is 5.21. The summed E-state index contributed by atoms with van der Waals surface area (Å²) in [5, 5.41) is 23.5. The molecule has 5 unspecified atom stereocenters. The van der Waals surface area contributed by atoms with Gasteiger partial charge in [-0.25, -0.2) is 9.59 Å². The lowest BCUT2D eigenvalue weighted by atomic mass is 9.87. The number of amides is 3. The molecule has 13 nitrogen and oxygen atoms in total. The average molecular weight is 731 g/mol. The number of primary amides is 1. The number of ketones is 2. The lowest BCUT2D eigenvalue weighted by Gasteiger charge is -2.34. The minimum atomic E-state index is -1.33. The van der Waals surface area contributed by atoms with Crippen LogP contribution >= 0.6 is 0 Å². The van der Waals surface area contributed by atoms with Crippen LogP contribution in [0.25, 0.3) is 0 Å². The molecule has 0 aromatic heterocycles. The van der Waals surface area contributed by atoms with Crippen molar-refractivity contribution >= 4 is 29.7 Å². The number of carbonyl (C=O) groups excluding carboxylic acids is 4. The Labute approximate surface area is 309 Å². The van der Waals surface area contributed by atoms with Crippen molar-refractivity contribution in [1.82, 2.24) is 15.5 Å². The maximum absolute atomic E-state index is 12.8. The molecule has 0 spiro atoms. The summed E-state index contributed by atoms with van der Waals surface area (Å²) in [6, 6.07) is 0. The van der Waals surface area contributed by atoms with Gasteiger partial charge in [-0.1, -0.05) is 43.7 Å². The molecule has 52 heavy (non-hydrogen) atoms. The molecular weight excluding hydrogens is 668 g/mol. The van der Waals surface area contributed by atoms with Gasteiger partial charge in [-0.15, -0.1) is 0 Å². The number of hydrogen-bond donors (Lipinski definition) is 5. The average Bonchev–Trinajstić information content (AvgIpc) is 3.04. The van der Waals surface area contributed by atoms with E-state index in [0.717, 1.165) is 31.6 Å². The number of aliphatic hydroxyl groups excluding tert-OH is 1. The highest BCUT2D eigenvalue weighted by molar-refractivity contribution is 6.21. The Morgan fingerprint density at radius 2 is 1.73 bits per heavy atom. The van der Waals surface area contributed by atoms with Gasteiger partial charge in [0.2, 0.25) is 5.78 Å². The van der Waals surface area contributed by atoms with Crippen LogP contribution in [0, 0.1) is 17.8 Å². The number of Topliss-reactive ketones (excluding diaryl/α,β-unsaturated/α-hetero) is 1. The van der Waals surface area contributed by atoms with Crippen LogP contribution in [0.2, 0.25) is 0 Å². The number of allylic oxidation sites excluding steroid dienone is 5. The summed E-state index contributed by atoms with van der Waals surface area (Å²) in [7, 11) is 3.58. The number of nitrogens with two attached hydrogens (primary N) is 1. The van der Waals surface area contributed by atoms with Crippen LogP contribution in [-0.2, 0) is 23.9 Å². The maximum Gasteiger partial charge on any atom is 0.410 e. The second kappa shape index (κ2) is 22.8. The molecule has 0 aromatic rings. The first-order valence-electron chi connectivity index (χ1n) is 17.9.